The van der Waals surface area contributed by atoms with E-state index in [1.54, 1.807) is 0 Å². The highest BCUT2D eigenvalue weighted by atomic mass is 35.6. The van der Waals surface area contributed by atoms with Crippen molar-refractivity contribution < 1.29 is 13.2 Å². The fourth-order valence-corrected chi connectivity index (χ4v) is 1.18. The predicted octanol–water partition coefficient (Wildman–Crippen LogP) is 8.48. The molecule has 0 aromatic carbocycles. The molecule has 0 radical (unpaired) electrons. The van der Waals surface area contributed by atoms with Crippen LogP contribution in [0.4, 0.5) is 13.2 Å². The van der Waals surface area contributed by atoms with Crippen molar-refractivity contribution in [2.75, 3.05) is 0 Å². The third kappa shape index (κ3) is 25.9. The first kappa shape index (κ1) is 26.6. The standard InChI is InChI=1S/C7H16.C6H14.C2Cl3F3/c1-3-5-7-6-4-2;1-3-5-6-4-2;3-1(4,5)2(6,7)8/h3-7H2,1-2H3;3-6H2,1-2H3;. The van der Waals surface area contributed by atoms with Gasteiger partial charge in [-0.2, -0.15) is 13.2 Å². The predicted molar refractivity (Wildman–Crippen MR) is 90.6 cm³/mol. The molecule has 0 amide bonds. The lowest BCUT2D eigenvalue weighted by molar-refractivity contribution is -0.124. The second-order valence-corrected chi connectivity index (χ2v) is 7.04. The Morgan fingerprint density at radius 3 is 0.905 bits per heavy atom. The number of hydrogen-bond acceptors (Lipinski definition) is 0. The minimum atomic E-state index is -4.77. The molecule has 0 N–H and O–H groups in total. The van der Waals surface area contributed by atoms with Crippen molar-refractivity contribution >= 4 is 34.8 Å². The average molecular weight is 374 g/mol. The number of alkyl halides is 6. The minimum Gasteiger partial charge on any atom is -0.166 e. The summed E-state index contributed by atoms with van der Waals surface area (Å²) in [5.41, 5.74) is 0. The Bertz CT molecular complexity index is 170. The molecular formula is C15H30Cl3F3. The molecule has 0 aliphatic carbocycles. The summed E-state index contributed by atoms with van der Waals surface area (Å²) in [5.74, 6) is 0. The van der Waals surface area contributed by atoms with E-state index in [-0.39, 0.29) is 0 Å². The van der Waals surface area contributed by atoms with Crippen LogP contribution in [0.5, 0.6) is 0 Å². The van der Waals surface area contributed by atoms with Gasteiger partial charge in [0.05, 0.1) is 0 Å². The van der Waals surface area contributed by atoms with Crippen LogP contribution in [-0.4, -0.2) is 9.97 Å². The molecule has 0 spiro atoms. The molecule has 0 nitrogen and oxygen atoms in total. The van der Waals surface area contributed by atoms with Crippen molar-refractivity contribution in [2.24, 2.45) is 0 Å². The van der Waals surface area contributed by atoms with Gasteiger partial charge in [0, 0.05) is 0 Å². The van der Waals surface area contributed by atoms with Crippen molar-refractivity contribution in [1.29, 1.82) is 0 Å². The summed E-state index contributed by atoms with van der Waals surface area (Å²) in [7, 11) is 0. The normalized spacial score (nSPS) is 11.1. The second kappa shape index (κ2) is 17.0. The average Bonchev–Trinajstić information content (AvgIpc) is 2.36. The highest BCUT2D eigenvalue weighted by Crippen LogP contribution is 2.42. The molecule has 0 atom stereocenters. The second-order valence-electron chi connectivity index (χ2n) is 4.76. The van der Waals surface area contributed by atoms with Crippen molar-refractivity contribution in [3.8, 4) is 0 Å². The zero-order chi connectivity index (χ0) is 17.4. The third-order valence-corrected chi connectivity index (χ3v) is 3.13. The smallest absolute Gasteiger partial charge is 0.166 e. The molecule has 0 aromatic heterocycles. The summed E-state index contributed by atoms with van der Waals surface area (Å²) in [6.07, 6.45) is 7.78. The van der Waals surface area contributed by atoms with Crippen molar-refractivity contribution in [3.63, 3.8) is 0 Å². The fourth-order valence-electron chi connectivity index (χ4n) is 1.18. The van der Waals surface area contributed by atoms with Crippen LogP contribution in [0, 0.1) is 0 Å². The van der Waals surface area contributed by atoms with E-state index >= 15 is 0 Å². The number of rotatable bonds is 7. The van der Waals surface area contributed by atoms with Gasteiger partial charge in [-0.1, -0.05) is 120 Å². The van der Waals surface area contributed by atoms with E-state index in [1.165, 1.54) is 57.8 Å². The molecule has 0 aliphatic rings. The molecule has 0 saturated carbocycles. The van der Waals surface area contributed by atoms with Gasteiger partial charge < -0.3 is 0 Å². The molecule has 0 aliphatic heterocycles. The first-order chi connectivity index (χ1) is 9.58. The van der Waals surface area contributed by atoms with Gasteiger partial charge in [-0.05, 0) is 0 Å². The van der Waals surface area contributed by atoms with E-state index in [9.17, 15) is 13.2 Å². The van der Waals surface area contributed by atoms with E-state index in [2.05, 4.69) is 62.5 Å². The van der Waals surface area contributed by atoms with Crippen LogP contribution in [-0.2, 0) is 0 Å². The number of hydrogen-bond donors (Lipinski definition) is 0. The quantitative estimate of drug-likeness (QED) is 0.310. The lowest BCUT2D eigenvalue weighted by Gasteiger charge is -2.13. The van der Waals surface area contributed by atoms with Crippen molar-refractivity contribution in [2.45, 2.75) is 95.5 Å². The van der Waals surface area contributed by atoms with Crippen molar-refractivity contribution in [1.82, 2.24) is 0 Å². The summed E-state index contributed by atoms with van der Waals surface area (Å²) in [5, 5.41) is 0. The molecule has 6 heteroatoms. The molecular weight excluding hydrogens is 344 g/mol. The van der Waals surface area contributed by atoms with Gasteiger partial charge in [-0.3, -0.25) is 0 Å². The van der Waals surface area contributed by atoms with Gasteiger partial charge in [-0.25, -0.2) is 0 Å². The molecule has 0 unspecified atom stereocenters. The maximum absolute atomic E-state index is 11.2. The Balaban J connectivity index is -0.000000234. The Kier molecular flexibility index (Phi) is 21.5. The van der Waals surface area contributed by atoms with Crippen LogP contribution in [0.3, 0.4) is 0 Å². The molecule has 21 heavy (non-hydrogen) atoms. The van der Waals surface area contributed by atoms with Crippen LogP contribution in [0.2, 0.25) is 0 Å². The van der Waals surface area contributed by atoms with E-state index in [4.69, 9.17) is 0 Å². The zero-order valence-electron chi connectivity index (χ0n) is 13.6. The van der Waals surface area contributed by atoms with Gasteiger partial charge in [-0.15, -0.1) is 0 Å². The molecule has 0 bridgehead atoms. The highest BCUT2D eigenvalue weighted by molar-refractivity contribution is 6.68. The number of halogens is 6. The zero-order valence-corrected chi connectivity index (χ0v) is 15.9. The molecule has 0 aromatic rings. The largest absolute Gasteiger partial charge is 0.435 e. The van der Waals surface area contributed by atoms with Gasteiger partial charge >= 0.3 is 6.18 Å². The molecule has 0 fully saturated rings. The van der Waals surface area contributed by atoms with E-state index < -0.39 is 9.97 Å². The van der Waals surface area contributed by atoms with E-state index in [0.717, 1.165) is 0 Å². The number of unbranched alkanes of at least 4 members (excludes halogenated alkanes) is 7. The van der Waals surface area contributed by atoms with Crippen LogP contribution in [0.25, 0.3) is 0 Å². The van der Waals surface area contributed by atoms with Crippen molar-refractivity contribution in [3.05, 3.63) is 0 Å². The fraction of sp³-hybridized carbons (Fsp3) is 1.00. The first-order valence-corrected chi connectivity index (χ1v) is 8.85. The van der Waals surface area contributed by atoms with Crippen LogP contribution in [0.1, 0.15) is 85.5 Å². The summed E-state index contributed by atoms with van der Waals surface area (Å²) in [6, 6.07) is 0. The SMILES string of the molecule is CCCCCC.CCCCCCC.FC(F)(F)C(Cl)(Cl)Cl. The Morgan fingerprint density at radius 2 is 0.762 bits per heavy atom. The first-order valence-electron chi connectivity index (χ1n) is 7.71. The van der Waals surface area contributed by atoms with Gasteiger partial charge in [0.1, 0.15) is 0 Å². The summed E-state index contributed by atoms with van der Waals surface area (Å²) in [4.78, 5) is 0. The lowest BCUT2D eigenvalue weighted by atomic mass is 10.2. The topological polar surface area (TPSA) is 0 Å². The van der Waals surface area contributed by atoms with Crippen LogP contribution in [0.15, 0.2) is 0 Å². The summed E-state index contributed by atoms with van der Waals surface area (Å²) >= 11 is 13.2. The summed E-state index contributed by atoms with van der Waals surface area (Å²) < 4.78 is 30.4. The van der Waals surface area contributed by atoms with Gasteiger partial charge in [0.25, 0.3) is 3.79 Å². The molecule has 0 saturated heterocycles. The molecule has 0 heterocycles. The summed E-state index contributed by atoms with van der Waals surface area (Å²) in [6.45, 7) is 8.95. The monoisotopic (exact) mass is 372 g/mol. The van der Waals surface area contributed by atoms with Gasteiger partial charge in [0.15, 0.2) is 0 Å². The van der Waals surface area contributed by atoms with Crippen LogP contribution >= 0.6 is 34.8 Å². The van der Waals surface area contributed by atoms with Crippen LogP contribution < -0.4 is 0 Å². The van der Waals surface area contributed by atoms with E-state index in [0.29, 0.717) is 0 Å². The lowest BCUT2D eigenvalue weighted by Crippen LogP contribution is -2.27. The Labute approximate surface area is 143 Å². The third-order valence-electron chi connectivity index (χ3n) is 2.49. The Hall–Kier alpha value is 0.660. The highest BCUT2D eigenvalue weighted by Gasteiger charge is 2.51. The van der Waals surface area contributed by atoms with E-state index in [1.807, 2.05) is 0 Å². The maximum atomic E-state index is 11.2. The molecule has 132 valence electrons. The van der Waals surface area contributed by atoms with Gasteiger partial charge in [0.2, 0.25) is 0 Å². The maximum Gasteiger partial charge on any atom is 0.435 e. The Morgan fingerprint density at radius 1 is 0.571 bits per heavy atom. The minimum absolute atomic E-state index is 1.36. The molecule has 0 rings (SSSR count).